The van der Waals surface area contributed by atoms with Gasteiger partial charge in [0.15, 0.2) is 12.4 Å². The van der Waals surface area contributed by atoms with Gasteiger partial charge in [0.05, 0.1) is 13.1 Å². The first-order valence-corrected chi connectivity index (χ1v) is 9.52. The van der Waals surface area contributed by atoms with Crippen molar-refractivity contribution in [3.05, 3.63) is 84.4 Å². The highest BCUT2D eigenvalue weighted by Gasteiger charge is 2.12. The largest absolute Gasteiger partial charge is 0.325 e. The predicted octanol–water partition coefficient (Wildman–Crippen LogP) is 3.14. The fraction of sp³-hybridized carbons (Fsp3) is 0.0909. The SMILES string of the molecule is N#CN(Cc1ccc(CN(C#N)C(=N)Nc2ccncc2)cc1)C(=N)Nc1ccncc1. The standard InChI is InChI=1S/C22H20N10/c23-15-31(21(25)29-19-5-9-27-10-6-19)13-17-1-2-18(4-3-17)14-32(16-24)22(26)30-20-7-11-28-12-8-20/h1-12H,13-14H2,(H2,25,27,29)(H2,26,28,30). The molecule has 0 unspecified atom stereocenters. The third kappa shape index (κ3) is 6.02. The first kappa shape index (κ1) is 21.7. The summed E-state index contributed by atoms with van der Waals surface area (Å²) in [6.07, 6.45) is 10.4. The van der Waals surface area contributed by atoms with Gasteiger partial charge in [-0.05, 0) is 35.4 Å². The minimum absolute atomic E-state index is 0.0472. The van der Waals surface area contributed by atoms with Gasteiger partial charge in [-0.2, -0.15) is 10.5 Å². The minimum atomic E-state index is -0.0472. The Morgan fingerprint density at radius 1 is 0.688 bits per heavy atom. The molecule has 0 aliphatic heterocycles. The summed E-state index contributed by atoms with van der Waals surface area (Å²) in [7, 11) is 0. The second-order valence-electron chi connectivity index (χ2n) is 6.61. The number of nitrogens with zero attached hydrogens (tertiary/aromatic N) is 6. The number of anilines is 2. The van der Waals surface area contributed by atoms with E-state index in [1.807, 2.05) is 36.7 Å². The third-order valence-corrected chi connectivity index (χ3v) is 4.37. The zero-order valence-electron chi connectivity index (χ0n) is 17.0. The number of nitriles is 2. The fourth-order valence-electron chi connectivity index (χ4n) is 2.72. The Bertz CT molecular complexity index is 1040. The van der Waals surface area contributed by atoms with Crippen LogP contribution in [0.4, 0.5) is 11.4 Å². The van der Waals surface area contributed by atoms with Crippen LogP contribution in [0.5, 0.6) is 0 Å². The molecule has 3 rings (SSSR count). The molecular formula is C22H20N10. The van der Waals surface area contributed by atoms with Crippen LogP contribution in [0.3, 0.4) is 0 Å². The summed E-state index contributed by atoms with van der Waals surface area (Å²) >= 11 is 0. The Labute approximate surface area is 185 Å². The number of rotatable bonds is 6. The van der Waals surface area contributed by atoms with Crippen molar-refractivity contribution in [2.45, 2.75) is 13.1 Å². The molecule has 3 aromatic rings. The van der Waals surface area contributed by atoms with Gasteiger partial charge in [0.2, 0.25) is 11.9 Å². The fourth-order valence-corrected chi connectivity index (χ4v) is 2.72. The maximum atomic E-state index is 9.43. The molecule has 0 saturated carbocycles. The molecule has 0 fully saturated rings. The van der Waals surface area contributed by atoms with Gasteiger partial charge in [0.1, 0.15) is 0 Å². The summed E-state index contributed by atoms with van der Waals surface area (Å²) in [6.45, 7) is 0.435. The number of guanidine groups is 2. The van der Waals surface area contributed by atoms with E-state index in [2.05, 4.69) is 20.6 Å². The molecule has 1 aromatic carbocycles. The van der Waals surface area contributed by atoms with Gasteiger partial charge in [0.25, 0.3) is 0 Å². The van der Waals surface area contributed by atoms with E-state index in [4.69, 9.17) is 10.8 Å². The summed E-state index contributed by atoms with van der Waals surface area (Å²) in [6, 6.07) is 14.2. The molecule has 0 aliphatic rings. The molecule has 0 aliphatic carbocycles. The molecule has 4 N–H and O–H groups in total. The van der Waals surface area contributed by atoms with Crippen LogP contribution < -0.4 is 10.6 Å². The van der Waals surface area contributed by atoms with Crippen molar-refractivity contribution < 1.29 is 0 Å². The molecule has 0 atom stereocenters. The Kier molecular flexibility index (Phi) is 7.28. The van der Waals surface area contributed by atoms with Crippen molar-refractivity contribution in [2.24, 2.45) is 0 Å². The van der Waals surface area contributed by atoms with Crippen LogP contribution in [0.1, 0.15) is 11.1 Å². The first-order valence-electron chi connectivity index (χ1n) is 9.52. The van der Waals surface area contributed by atoms with Crippen molar-refractivity contribution in [1.82, 2.24) is 19.8 Å². The Balaban J connectivity index is 1.58. The lowest BCUT2D eigenvalue weighted by molar-refractivity contribution is 0.559. The van der Waals surface area contributed by atoms with E-state index in [0.717, 1.165) is 11.1 Å². The van der Waals surface area contributed by atoms with Crippen molar-refractivity contribution in [2.75, 3.05) is 10.6 Å². The van der Waals surface area contributed by atoms with Gasteiger partial charge in [-0.3, -0.25) is 20.8 Å². The lowest BCUT2D eigenvalue weighted by Crippen LogP contribution is -2.31. The summed E-state index contributed by atoms with van der Waals surface area (Å²) in [5, 5.41) is 40.8. The monoisotopic (exact) mass is 424 g/mol. The summed E-state index contributed by atoms with van der Waals surface area (Å²) < 4.78 is 0. The number of hydrogen-bond donors (Lipinski definition) is 4. The molecule has 0 radical (unpaired) electrons. The number of pyridine rings is 2. The summed E-state index contributed by atoms with van der Waals surface area (Å²) in [5.74, 6) is -0.0943. The molecule has 0 bridgehead atoms. The molecule has 158 valence electrons. The molecule has 0 amide bonds. The van der Waals surface area contributed by atoms with Crippen LogP contribution in [0.2, 0.25) is 0 Å². The molecule has 10 nitrogen and oxygen atoms in total. The average molecular weight is 424 g/mol. The maximum Gasteiger partial charge on any atom is 0.209 e. The second-order valence-corrected chi connectivity index (χ2v) is 6.61. The van der Waals surface area contributed by atoms with Gasteiger partial charge >= 0.3 is 0 Å². The Morgan fingerprint density at radius 3 is 1.34 bits per heavy atom. The predicted molar refractivity (Wildman–Crippen MR) is 120 cm³/mol. The van der Waals surface area contributed by atoms with E-state index in [-0.39, 0.29) is 25.0 Å². The van der Waals surface area contributed by atoms with Gasteiger partial charge in [0, 0.05) is 36.2 Å². The average Bonchev–Trinajstić information content (AvgIpc) is 2.83. The zero-order chi connectivity index (χ0) is 22.8. The Morgan fingerprint density at radius 2 is 1.03 bits per heavy atom. The second kappa shape index (κ2) is 10.7. The van der Waals surface area contributed by atoms with Crippen LogP contribution >= 0.6 is 0 Å². The molecule has 10 heteroatoms. The maximum absolute atomic E-state index is 9.43. The smallest absolute Gasteiger partial charge is 0.209 e. The van der Waals surface area contributed by atoms with Gasteiger partial charge < -0.3 is 10.6 Å². The zero-order valence-corrected chi connectivity index (χ0v) is 17.0. The van der Waals surface area contributed by atoms with E-state index in [9.17, 15) is 10.5 Å². The molecule has 0 spiro atoms. The number of nitrogens with one attached hydrogen (secondary N) is 4. The van der Waals surface area contributed by atoms with Crippen LogP contribution in [-0.2, 0) is 13.1 Å². The molecule has 32 heavy (non-hydrogen) atoms. The van der Waals surface area contributed by atoms with Crippen LogP contribution in [-0.4, -0.2) is 31.7 Å². The van der Waals surface area contributed by atoms with Crippen molar-refractivity contribution >= 4 is 23.3 Å². The summed E-state index contributed by atoms with van der Waals surface area (Å²) in [5.41, 5.74) is 2.98. The molecule has 2 heterocycles. The first-order chi connectivity index (χ1) is 15.6. The van der Waals surface area contributed by atoms with E-state index in [0.29, 0.717) is 11.4 Å². The van der Waals surface area contributed by atoms with Crippen LogP contribution in [0.15, 0.2) is 73.3 Å². The van der Waals surface area contributed by atoms with E-state index < -0.39 is 0 Å². The molecular weight excluding hydrogens is 404 g/mol. The van der Waals surface area contributed by atoms with Gasteiger partial charge in [-0.25, -0.2) is 9.80 Å². The highest BCUT2D eigenvalue weighted by atomic mass is 15.3. The van der Waals surface area contributed by atoms with E-state index in [1.54, 1.807) is 49.1 Å². The lowest BCUT2D eigenvalue weighted by atomic mass is 10.1. The van der Waals surface area contributed by atoms with Crippen molar-refractivity contribution in [1.29, 1.82) is 21.3 Å². The van der Waals surface area contributed by atoms with Crippen LogP contribution in [0, 0.1) is 33.7 Å². The minimum Gasteiger partial charge on any atom is -0.325 e. The number of hydrogen-bond acceptors (Lipinski definition) is 6. The quantitative estimate of drug-likeness (QED) is 0.204. The number of aromatic nitrogens is 2. The van der Waals surface area contributed by atoms with Gasteiger partial charge in [-0.1, -0.05) is 24.3 Å². The van der Waals surface area contributed by atoms with E-state index in [1.165, 1.54) is 9.80 Å². The van der Waals surface area contributed by atoms with Crippen LogP contribution in [0.25, 0.3) is 0 Å². The normalized spacial score (nSPS) is 9.69. The molecule has 0 saturated heterocycles. The highest BCUT2D eigenvalue weighted by molar-refractivity contribution is 5.92. The van der Waals surface area contributed by atoms with Crippen molar-refractivity contribution in [3.8, 4) is 12.4 Å². The van der Waals surface area contributed by atoms with E-state index >= 15 is 0 Å². The van der Waals surface area contributed by atoms with Crippen molar-refractivity contribution in [3.63, 3.8) is 0 Å². The highest BCUT2D eigenvalue weighted by Crippen LogP contribution is 2.12. The van der Waals surface area contributed by atoms with Gasteiger partial charge in [-0.15, -0.1) is 0 Å². The lowest BCUT2D eigenvalue weighted by Gasteiger charge is -2.19. The molecule has 2 aromatic heterocycles. The topological polar surface area (TPSA) is 152 Å². The Hall–Kier alpha value is -4.96. The third-order valence-electron chi connectivity index (χ3n) is 4.37. The summed E-state index contributed by atoms with van der Waals surface area (Å²) in [4.78, 5) is 10.3. The number of benzene rings is 1.